The van der Waals surface area contributed by atoms with Gasteiger partial charge in [-0.2, -0.15) is 0 Å². The molecular weight excluding hydrogens is 438 g/mol. The molecule has 2 heterocycles. The highest BCUT2D eigenvalue weighted by Crippen LogP contribution is 2.31. The van der Waals surface area contributed by atoms with Gasteiger partial charge in [-0.3, -0.25) is 14.2 Å². The molecule has 0 radical (unpaired) electrons. The molecule has 4 rings (SSSR count). The van der Waals surface area contributed by atoms with E-state index in [1.54, 1.807) is 19.2 Å². The zero-order valence-corrected chi connectivity index (χ0v) is 18.7. The summed E-state index contributed by atoms with van der Waals surface area (Å²) < 4.78 is 2.10. The predicted octanol–water partition coefficient (Wildman–Crippen LogP) is 5.35. The van der Waals surface area contributed by atoms with Crippen LogP contribution in [0.2, 0.25) is 5.02 Å². The van der Waals surface area contributed by atoms with Crippen molar-refractivity contribution in [1.29, 1.82) is 0 Å². The van der Waals surface area contributed by atoms with Crippen LogP contribution < -0.4 is 10.9 Å². The number of thioether (sulfide) groups is 1. The summed E-state index contributed by atoms with van der Waals surface area (Å²) in [4.78, 5) is 30.8. The molecule has 1 amide bonds. The number of anilines is 1. The third-order valence-corrected chi connectivity index (χ3v) is 7.01. The molecule has 0 atom stereocenters. The number of aryl methyl sites for hydroxylation is 1. The summed E-state index contributed by atoms with van der Waals surface area (Å²) >= 11 is 8.83. The number of thiophene rings is 1. The van der Waals surface area contributed by atoms with Crippen molar-refractivity contribution in [2.45, 2.75) is 12.1 Å². The number of hydrogen-bond acceptors (Lipinski definition) is 5. The quantitative estimate of drug-likeness (QED) is 0.325. The van der Waals surface area contributed by atoms with Gasteiger partial charge in [-0.05, 0) is 36.2 Å². The van der Waals surface area contributed by atoms with Crippen molar-refractivity contribution in [2.75, 3.05) is 11.1 Å². The second kappa shape index (κ2) is 8.63. The van der Waals surface area contributed by atoms with Crippen molar-refractivity contribution < 1.29 is 4.79 Å². The highest BCUT2D eigenvalue weighted by Gasteiger charge is 2.15. The third-order valence-electron chi connectivity index (χ3n) is 4.50. The first-order chi connectivity index (χ1) is 14.4. The minimum Gasteiger partial charge on any atom is -0.324 e. The molecule has 0 aliphatic carbocycles. The largest absolute Gasteiger partial charge is 0.324 e. The maximum absolute atomic E-state index is 12.8. The minimum absolute atomic E-state index is 0.114. The van der Waals surface area contributed by atoms with Crippen LogP contribution >= 0.6 is 34.7 Å². The minimum atomic E-state index is -0.213. The third kappa shape index (κ3) is 4.28. The van der Waals surface area contributed by atoms with Crippen LogP contribution in [0.15, 0.2) is 64.5 Å². The maximum atomic E-state index is 12.8. The zero-order valence-electron chi connectivity index (χ0n) is 16.3. The average molecular weight is 456 g/mol. The van der Waals surface area contributed by atoms with Crippen molar-refractivity contribution >= 4 is 56.5 Å². The van der Waals surface area contributed by atoms with Gasteiger partial charge in [0.15, 0.2) is 5.16 Å². The topological polar surface area (TPSA) is 64.0 Å². The fourth-order valence-corrected chi connectivity index (χ4v) is 5.08. The molecule has 0 aliphatic heterocycles. The van der Waals surface area contributed by atoms with Crippen LogP contribution in [0.5, 0.6) is 0 Å². The number of rotatable bonds is 5. The van der Waals surface area contributed by atoms with Crippen LogP contribution in [0.25, 0.3) is 20.7 Å². The molecule has 5 nitrogen and oxygen atoms in total. The monoisotopic (exact) mass is 455 g/mol. The van der Waals surface area contributed by atoms with Gasteiger partial charge in [0.2, 0.25) is 5.91 Å². The van der Waals surface area contributed by atoms with Gasteiger partial charge in [0.05, 0.1) is 22.0 Å². The Hall–Kier alpha value is -2.61. The molecular formula is C22H18ClN3O2S2. The normalized spacial score (nSPS) is 11.0. The Kier molecular flexibility index (Phi) is 5.94. The molecule has 8 heteroatoms. The fraction of sp³-hybridized carbons (Fsp3) is 0.136. The lowest BCUT2D eigenvalue weighted by molar-refractivity contribution is -0.113. The van der Waals surface area contributed by atoms with Gasteiger partial charge in [-0.15, -0.1) is 11.3 Å². The molecule has 4 aromatic rings. The average Bonchev–Trinajstić information content (AvgIpc) is 3.17. The number of benzene rings is 2. The van der Waals surface area contributed by atoms with E-state index in [0.717, 1.165) is 16.0 Å². The molecule has 0 unspecified atom stereocenters. The van der Waals surface area contributed by atoms with Crippen LogP contribution in [0.1, 0.15) is 5.56 Å². The molecule has 0 spiro atoms. The number of halogens is 1. The summed E-state index contributed by atoms with van der Waals surface area (Å²) in [5.41, 5.74) is 3.16. The number of carbonyl (C=O) groups excluding carboxylic acids is 1. The lowest BCUT2D eigenvalue weighted by Crippen LogP contribution is -2.20. The number of amides is 1. The van der Waals surface area contributed by atoms with E-state index in [1.165, 1.54) is 27.7 Å². The highest BCUT2D eigenvalue weighted by atomic mass is 35.5. The van der Waals surface area contributed by atoms with E-state index in [0.29, 0.717) is 26.1 Å². The number of hydrogen-bond donors (Lipinski definition) is 1. The summed E-state index contributed by atoms with van der Waals surface area (Å²) in [5, 5.41) is 3.79. The number of aromatic nitrogens is 2. The molecule has 0 saturated carbocycles. The van der Waals surface area contributed by atoms with Gasteiger partial charge < -0.3 is 5.32 Å². The molecule has 0 saturated heterocycles. The second-order valence-corrected chi connectivity index (χ2v) is 9.17. The molecule has 152 valence electrons. The Balaban J connectivity index is 1.54. The SMILES string of the molecule is Cc1ccc(NC(=O)CSc2nc3cc(-c4ccccc4)sc3c(=O)n2C)c(Cl)c1. The molecule has 2 aromatic carbocycles. The van der Waals surface area contributed by atoms with Crippen molar-refractivity contribution in [3.63, 3.8) is 0 Å². The highest BCUT2D eigenvalue weighted by molar-refractivity contribution is 7.99. The molecule has 1 N–H and O–H groups in total. The van der Waals surface area contributed by atoms with Crippen LogP contribution in [0.3, 0.4) is 0 Å². The first kappa shape index (κ1) is 20.7. The number of nitrogens with zero attached hydrogens (tertiary/aromatic N) is 2. The molecule has 2 aromatic heterocycles. The predicted molar refractivity (Wildman–Crippen MR) is 126 cm³/mol. The van der Waals surface area contributed by atoms with Crippen LogP contribution in [-0.4, -0.2) is 21.2 Å². The van der Waals surface area contributed by atoms with Gasteiger partial charge in [-0.1, -0.05) is 59.8 Å². The van der Waals surface area contributed by atoms with Crippen LogP contribution in [0.4, 0.5) is 5.69 Å². The van der Waals surface area contributed by atoms with Crippen molar-refractivity contribution in [1.82, 2.24) is 9.55 Å². The Morgan fingerprint density at radius 2 is 1.97 bits per heavy atom. The van der Waals surface area contributed by atoms with Gasteiger partial charge in [0.1, 0.15) is 4.70 Å². The smallest absolute Gasteiger partial charge is 0.271 e. The Morgan fingerprint density at radius 1 is 1.20 bits per heavy atom. The maximum Gasteiger partial charge on any atom is 0.271 e. The van der Waals surface area contributed by atoms with E-state index in [-0.39, 0.29) is 17.2 Å². The summed E-state index contributed by atoms with van der Waals surface area (Å²) in [5.74, 6) is -0.0959. The van der Waals surface area contributed by atoms with E-state index in [4.69, 9.17) is 11.6 Å². The summed E-state index contributed by atoms with van der Waals surface area (Å²) in [6, 6.07) is 17.3. The van der Waals surface area contributed by atoms with Crippen LogP contribution in [0, 0.1) is 6.92 Å². The lowest BCUT2D eigenvalue weighted by atomic mass is 10.2. The Bertz CT molecular complexity index is 1300. The van der Waals surface area contributed by atoms with Crippen molar-refractivity contribution in [3.8, 4) is 10.4 Å². The summed E-state index contributed by atoms with van der Waals surface area (Å²) in [6.07, 6.45) is 0. The second-order valence-electron chi connectivity index (χ2n) is 6.77. The van der Waals surface area contributed by atoms with Gasteiger partial charge >= 0.3 is 0 Å². The van der Waals surface area contributed by atoms with Gasteiger partial charge in [-0.25, -0.2) is 4.98 Å². The molecule has 0 bridgehead atoms. The van der Waals surface area contributed by atoms with E-state index in [1.807, 2.05) is 49.4 Å². The molecule has 0 fully saturated rings. The standard InChI is InChI=1S/C22H18ClN3O2S2/c1-13-8-9-16(15(23)10-13)24-19(27)12-29-22-25-17-11-18(14-6-4-3-5-7-14)30-20(17)21(28)26(22)2/h3-11H,12H2,1-2H3,(H,24,27). The van der Waals surface area contributed by atoms with Gasteiger partial charge in [0, 0.05) is 11.9 Å². The van der Waals surface area contributed by atoms with Crippen LogP contribution in [-0.2, 0) is 11.8 Å². The number of carbonyl (C=O) groups is 1. The Morgan fingerprint density at radius 3 is 2.70 bits per heavy atom. The summed E-state index contributed by atoms with van der Waals surface area (Å²) in [6.45, 7) is 1.93. The van der Waals surface area contributed by atoms with Crippen molar-refractivity contribution in [3.05, 3.63) is 75.5 Å². The first-order valence-electron chi connectivity index (χ1n) is 9.17. The summed E-state index contributed by atoms with van der Waals surface area (Å²) in [7, 11) is 1.67. The van der Waals surface area contributed by atoms with E-state index >= 15 is 0 Å². The number of fused-ring (bicyclic) bond motifs is 1. The van der Waals surface area contributed by atoms with E-state index in [2.05, 4.69) is 10.3 Å². The fourth-order valence-electron chi connectivity index (χ4n) is 2.95. The number of nitrogens with one attached hydrogen (secondary N) is 1. The van der Waals surface area contributed by atoms with Crippen molar-refractivity contribution in [2.24, 2.45) is 7.05 Å². The van der Waals surface area contributed by atoms with E-state index in [9.17, 15) is 9.59 Å². The first-order valence-corrected chi connectivity index (χ1v) is 11.3. The molecule has 0 aliphatic rings. The lowest BCUT2D eigenvalue weighted by Gasteiger charge is -2.09. The molecule has 30 heavy (non-hydrogen) atoms. The zero-order chi connectivity index (χ0) is 21.3. The van der Waals surface area contributed by atoms with Gasteiger partial charge in [0.25, 0.3) is 5.56 Å². The van der Waals surface area contributed by atoms with E-state index < -0.39 is 0 Å². The Labute approximate surface area is 186 Å².